The Bertz CT molecular complexity index is 926. The highest BCUT2D eigenvalue weighted by atomic mass is 16.1. The summed E-state index contributed by atoms with van der Waals surface area (Å²) in [4.78, 5) is 23.9. The molecule has 148 valence electrons. The summed E-state index contributed by atoms with van der Waals surface area (Å²) in [6, 6.07) is 4.14. The number of nitrogens with two attached hydrogens (primary N) is 1. The maximum atomic E-state index is 10.6. The summed E-state index contributed by atoms with van der Waals surface area (Å²) in [6.07, 6.45) is 10.2. The Labute approximate surface area is 167 Å². The molecular weight excluding hydrogens is 348 g/mol. The van der Waals surface area contributed by atoms with Crippen LogP contribution in [0, 0.1) is 6.92 Å². The molecule has 2 aromatic rings. The quantitative estimate of drug-likeness (QED) is 0.629. The second kappa shape index (κ2) is 10.5. The molecule has 1 aliphatic rings. The summed E-state index contributed by atoms with van der Waals surface area (Å²) in [6.45, 7) is 6.24. The fourth-order valence-corrected chi connectivity index (χ4v) is 3.66. The summed E-state index contributed by atoms with van der Waals surface area (Å²) in [5, 5.41) is 1.20. The standard InChI is InChI=1S/C21H24N4O.C2H6/c1-14-7-8-19-20(18(14)13-23-2)16-5-3-4-6-17(16)21(25-19)15(11-22)12-24-9-10-26;1-2/h7-8,10-13H,3-6,9,22H2,1-2H3;1-2H3/b15-11+,23-13?,24-12?;. The molecule has 0 aliphatic heterocycles. The second-order valence-corrected chi connectivity index (χ2v) is 6.49. The van der Waals surface area contributed by atoms with Crippen molar-refractivity contribution >= 4 is 35.2 Å². The van der Waals surface area contributed by atoms with E-state index in [0.717, 1.165) is 47.9 Å². The van der Waals surface area contributed by atoms with Gasteiger partial charge in [0.2, 0.25) is 0 Å². The first kappa shape index (κ1) is 21.5. The van der Waals surface area contributed by atoms with Gasteiger partial charge in [-0.3, -0.25) is 9.98 Å². The molecular formula is C23H30N4O. The summed E-state index contributed by atoms with van der Waals surface area (Å²) in [5.74, 6) is 0. The van der Waals surface area contributed by atoms with E-state index in [1.54, 1.807) is 13.3 Å². The van der Waals surface area contributed by atoms with Gasteiger partial charge in [-0.15, -0.1) is 0 Å². The number of hydrogen-bond acceptors (Lipinski definition) is 5. The van der Waals surface area contributed by atoms with E-state index in [4.69, 9.17) is 10.7 Å². The number of fused-ring (bicyclic) bond motifs is 3. The van der Waals surface area contributed by atoms with E-state index in [9.17, 15) is 4.79 Å². The highest BCUT2D eigenvalue weighted by Gasteiger charge is 2.21. The van der Waals surface area contributed by atoms with Crippen LogP contribution in [0.15, 0.2) is 28.3 Å². The molecule has 1 aromatic carbocycles. The molecule has 0 saturated carbocycles. The average Bonchev–Trinajstić information content (AvgIpc) is 2.74. The van der Waals surface area contributed by atoms with Crippen molar-refractivity contribution in [1.29, 1.82) is 0 Å². The molecule has 3 rings (SSSR count). The van der Waals surface area contributed by atoms with Crippen LogP contribution in [0.2, 0.25) is 0 Å². The van der Waals surface area contributed by atoms with Crippen LogP contribution in [-0.2, 0) is 17.6 Å². The van der Waals surface area contributed by atoms with Gasteiger partial charge in [0.15, 0.2) is 0 Å². The Morgan fingerprint density at radius 2 is 1.93 bits per heavy atom. The van der Waals surface area contributed by atoms with E-state index in [1.165, 1.54) is 34.7 Å². The third-order valence-electron chi connectivity index (χ3n) is 4.85. The number of rotatable bonds is 5. The van der Waals surface area contributed by atoms with Crippen LogP contribution in [0.3, 0.4) is 0 Å². The summed E-state index contributed by atoms with van der Waals surface area (Å²) in [5.41, 5.74) is 13.4. The van der Waals surface area contributed by atoms with Gasteiger partial charge in [-0.05, 0) is 55.4 Å². The van der Waals surface area contributed by atoms with Gasteiger partial charge in [-0.25, -0.2) is 4.98 Å². The molecule has 0 saturated heterocycles. The maximum Gasteiger partial charge on any atom is 0.141 e. The number of carbonyl (C=O) groups is 1. The lowest BCUT2D eigenvalue weighted by Gasteiger charge is -2.23. The van der Waals surface area contributed by atoms with Crippen LogP contribution in [0.5, 0.6) is 0 Å². The van der Waals surface area contributed by atoms with Crippen molar-refractivity contribution in [3.63, 3.8) is 0 Å². The molecule has 0 fully saturated rings. The highest BCUT2D eigenvalue weighted by Crippen LogP contribution is 2.35. The zero-order chi connectivity index (χ0) is 20.5. The number of aliphatic imine (C=N–C) groups is 2. The van der Waals surface area contributed by atoms with Gasteiger partial charge in [-0.1, -0.05) is 19.9 Å². The van der Waals surface area contributed by atoms with Gasteiger partial charge >= 0.3 is 0 Å². The SMILES string of the molecule is CC.CN=Cc1c(C)ccc2nc(/C(C=NCC=O)=C/N)c3c(c12)CCCC3. The van der Waals surface area contributed by atoms with Gasteiger partial charge in [0.1, 0.15) is 6.29 Å². The molecule has 0 amide bonds. The molecule has 2 N–H and O–H groups in total. The molecule has 0 radical (unpaired) electrons. The van der Waals surface area contributed by atoms with Crippen LogP contribution in [0.4, 0.5) is 0 Å². The maximum absolute atomic E-state index is 10.6. The summed E-state index contributed by atoms with van der Waals surface area (Å²) < 4.78 is 0. The van der Waals surface area contributed by atoms with E-state index in [0.29, 0.717) is 0 Å². The Hall–Kier alpha value is -2.82. The number of benzene rings is 1. The Kier molecular flexibility index (Phi) is 8.05. The lowest BCUT2D eigenvalue weighted by molar-refractivity contribution is -0.106. The molecule has 0 bridgehead atoms. The Morgan fingerprint density at radius 3 is 2.57 bits per heavy atom. The molecule has 0 atom stereocenters. The van der Waals surface area contributed by atoms with Crippen molar-refractivity contribution in [1.82, 2.24) is 4.98 Å². The molecule has 0 spiro atoms. The molecule has 5 heteroatoms. The van der Waals surface area contributed by atoms with Crippen molar-refractivity contribution in [3.05, 3.63) is 46.3 Å². The lowest BCUT2D eigenvalue weighted by atomic mass is 9.84. The first-order valence-electron chi connectivity index (χ1n) is 9.94. The van der Waals surface area contributed by atoms with E-state index in [-0.39, 0.29) is 6.54 Å². The predicted molar refractivity (Wildman–Crippen MR) is 120 cm³/mol. The van der Waals surface area contributed by atoms with E-state index in [2.05, 4.69) is 29.0 Å². The molecule has 28 heavy (non-hydrogen) atoms. The minimum absolute atomic E-state index is 0.128. The molecule has 1 aromatic heterocycles. The van der Waals surface area contributed by atoms with Crippen LogP contribution in [0.1, 0.15) is 54.6 Å². The molecule has 1 heterocycles. The number of aromatic nitrogens is 1. The fourth-order valence-electron chi connectivity index (χ4n) is 3.66. The largest absolute Gasteiger partial charge is 0.404 e. The van der Waals surface area contributed by atoms with Crippen LogP contribution < -0.4 is 5.73 Å². The Balaban J connectivity index is 0.00000136. The number of aryl methyl sites for hydroxylation is 2. The van der Waals surface area contributed by atoms with Gasteiger partial charge in [-0.2, -0.15) is 0 Å². The van der Waals surface area contributed by atoms with Gasteiger partial charge < -0.3 is 10.5 Å². The minimum Gasteiger partial charge on any atom is -0.404 e. The summed E-state index contributed by atoms with van der Waals surface area (Å²) >= 11 is 0. The smallest absolute Gasteiger partial charge is 0.141 e. The van der Waals surface area contributed by atoms with Crippen LogP contribution in [-0.4, -0.2) is 37.3 Å². The minimum atomic E-state index is 0.128. The third kappa shape index (κ3) is 4.35. The number of aldehydes is 1. The molecule has 5 nitrogen and oxygen atoms in total. The monoisotopic (exact) mass is 378 g/mol. The topological polar surface area (TPSA) is 80.7 Å². The van der Waals surface area contributed by atoms with Crippen molar-refractivity contribution in [2.45, 2.75) is 46.5 Å². The van der Waals surface area contributed by atoms with Gasteiger partial charge in [0.05, 0.1) is 17.8 Å². The van der Waals surface area contributed by atoms with E-state index in [1.807, 2.05) is 20.1 Å². The third-order valence-corrected chi connectivity index (χ3v) is 4.85. The second-order valence-electron chi connectivity index (χ2n) is 6.49. The predicted octanol–water partition coefficient (Wildman–Crippen LogP) is 4.07. The number of nitrogens with zero attached hydrogens (tertiary/aromatic N) is 3. The highest BCUT2D eigenvalue weighted by molar-refractivity contribution is 6.11. The molecule has 1 aliphatic carbocycles. The fraction of sp³-hybridized carbons (Fsp3) is 0.391. The summed E-state index contributed by atoms with van der Waals surface area (Å²) in [7, 11) is 1.80. The van der Waals surface area contributed by atoms with Crippen molar-refractivity contribution in [2.75, 3.05) is 13.6 Å². The first-order valence-corrected chi connectivity index (χ1v) is 9.94. The van der Waals surface area contributed by atoms with E-state index >= 15 is 0 Å². The van der Waals surface area contributed by atoms with Gasteiger partial charge in [0, 0.05) is 42.2 Å². The zero-order valence-electron chi connectivity index (χ0n) is 17.3. The van der Waals surface area contributed by atoms with Crippen molar-refractivity contribution in [2.24, 2.45) is 15.7 Å². The number of allylic oxidation sites excluding steroid dienone is 1. The number of carbonyl (C=O) groups excluding carboxylic acids is 1. The lowest BCUT2D eigenvalue weighted by Crippen LogP contribution is -2.12. The Morgan fingerprint density at radius 1 is 1.21 bits per heavy atom. The first-order chi connectivity index (χ1) is 13.7. The van der Waals surface area contributed by atoms with Gasteiger partial charge in [0.25, 0.3) is 0 Å². The number of pyridine rings is 1. The van der Waals surface area contributed by atoms with Crippen molar-refractivity contribution in [3.8, 4) is 0 Å². The average molecular weight is 379 g/mol. The number of hydrogen-bond donors (Lipinski definition) is 1. The zero-order valence-corrected chi connectivity index (χ0v) is 17.3. The normalized spacial score (nSPS) is 14.2. The van der Waals surface area contributed by atoms with Crippen molar-refractivity contribution < 1.29 is 4.79 Å². The molecule has 0 unspecified atom stereocenters. The van der Waals surface area contributed by atoms with E-state index < -0.39 is 0 Å². The van der Waals surface area contributed by atoms with Crippen LogP contribution in [0.25, 0.3) is 16.5 Å². The van der Waals surface area contributed by atoms with Crippen LogP contribution >= 0.6 is 0 Å².